The number of carboxylic acid groups (broad SMARTS) is 1. The summed E-state index contributed by atoms with van der Waals surface area (Å²) in [5.74, 6) is -0.283. The van der Waals surface area contributed by atoms with Gasteiger partial charge in [0.1, 0.15) is 12.4 Å². The Morgan fingerprint density at radius 3 is 2.29 bits per heavy atom. The minimum Gasteiger partial charge on any atom is -0.481 e. The van der Waals surface area contributed by atoms with Crippen molar-refractivity contribution >= 4 is 42.0 Å². The minimum atomic E-state index is -0.881. The molecule has 0 radical (unpaired) electrons. The van der Waals surface area contributed by atoms with Crippen molar-refractivity contribution in [1.82, 2.24) is 0 Å². The van der Waals surface area contributed by atoms with E-state index in [0.717, 1.165) is 60.5 Å². The summed E-state index contributed by atoms with van der Waals surface area (Å²) >= 11 is 1.52. The molecular weight excluding hydrogens is 747 g/mol. The Labute approximate surface area is 351 Å². The fourth-order valence-electron chi connectivity index (χ4n) is 8.74. The third-order valence-corrected chi connectivity index (χ3v) is 12.6. The molecular formula is C48H66N3O6S+. The number of aromatic nitrogens is 1. The van der Waals surface area contributed by atoms with E-state index >= 15 is 0 Å². The van der Waals surface area contributed by atoms with Crippen LogP contribution in [-0.2, 0) is 31.1 Å². The molecule has 1 aliphatic heterocycles. The molecule has 0 bridgehead atoms. The molecule has 0 spiro atoms. The summed E-state index contributed by atoms with van der Waals surface area (Å²) < 4.78 is 12.3. The molecule has 10 heteroatoms. The van der Waals surface area contributed by atoms with Gasteiger partial charge in [-0.2, -0.15) is 9.83 Å². The highest BCUT2D eigenvalue weighted by atomic mass is 32.1. The molecule has 2 atom stereocenters. The number of carboxylic acids is 1. The van der Waals surface area contributed by atoms with Crippen LogP contribution in [0.5, 0.6) is 5.75 Å². The predicted octanol–water partition coefficient (Wildman–Crippen LogP) is 11.3. The third kappa shape index (κ3) is 14.1. The van der Waals surface area contributed by atoms with Crippen molar-refractivity contribution in [3.8, 4) is 11.8 Å². The summed E-state index contributed by atoms with van der Waals surface area (Å²) in [5, 5.41) is 23.0. The lowest BCUT2D eigenvalue weighted by Gasteiger charge is -2.41. The zero-order chi connectivity index (χ0) is 41.3. The molecule has 0 amide bonds. The molecule has 0 saturated carbocycles. The number of allylic oxidation sites excluding steroid dienone is 7. The zero-order valence-corrected chi connectivity index (χ0v) is 35.6. The molecule has 1 aliphatic carbocycles. The van der Waals surface area contributed by atoms with Gasteiger partial charge in [-0.25, -0.2) is 0 Å². The van der Waals surface area contributed by atoms with Gasteiger partial charge in [0.15, 0.2) is 12.7 Å². The average Bonchev–Trinajstić information content (AvgIpc) is 3.79. The quantitative estimate of drug-likeness (QED) is 0.0207. The van der Waals surface area contributed by atoms with Gasteiger partial charge >= 0.3 is 5.97 Å². The molecule has 2 aromatic rings. The summed E-state index contributed by atoms with van der Waals surface area (Å²) in [6.45, 7) is 4.18. The fraction of sp³-hybridized carbons (Fsp3) is 0.562. The lowest BCUT2D eigenvalue weighted by molar-refractivity contribution is -0.694. The second kappa shape index (κ2) is 26.5. The molecule has 1 aromatic carbocycles. The number of carbonyl (C=O) groups is 3. The smallest absolute Gasteiger partial charge is 0.305 e. The summed E-state index contributed by atoms with van der Waals surface area (Å²) in [4.78, 5) is 36.3. The van der Waals surface area contributed by atoms with Gasteiger partial charge in [-0.15, -0.1) is 0 Å². The Morgan fingerprint density at radius 2 is 1.69 bits per heavy atom. The van der Waals surface area contributed by atoms with Gasteiger partial charge in [-0.3, -0.25) is 14.4 Å². The Morgan fingerprint density at radius 1 is 1.00 bits per heavy atom. The van der Waals surface area contributed by atoms with E-state index in [4.69, 9.17) is 9.47 Å². The van der Waals surface area contributed by atoms with E-state index in [2.05, 4.69) is 30.0 Å². The van der Waals surface area contributed by atoms with Crippen molar-refractivity contribution in [3.05, 3.63) is 82.0 Å². The van der Waals surface area contributed by atoms with Gasteiger partial charge in [0, 0.05) is 29.4 Å². The Bertz CT molecular complexity index is 1740. The second-order valence-corrected chi connectivity index (χ2v) is 16.6. The maximum absolute atomic E-state index is 12.0. The van der Waals surface area contributed by atoms with Crippen molar-refractivity contribution in [2.45, 2.75) is 154 Å². The van der Waals surface area contributed by atoms with Gasteiger partial charge in [0.2, 0.25) is 0 Å². The Kier molecular flexibility index (Phi) is 21.1. The molecule has 1 aromatic heterocycles. The molecule has 1 N–H and O–H groups in total. The van der Waals surface area contributed by atoms with Crippen LogP contribution >= 0.6 is 11.3 Å². The summed E-state index contributed by atoms with van der Waals surface area (Å²) in [6.07, 6.45) is 38.6. The lowest BCUT2D eigenvalue weighted by atomic mass is 9.63. The lowest BCUT2D eigenvalue weighted by Crippen LogP contribution is -2.39. The van der Waals surface area contributed by atoms with E-state index in [0.29, 0.717) is 30.8 Å². The number of ether oxygens (including phenoxy) is 2. The first-order valence-corrected chi connectivity index (χ1v) is 22.8. The van der Waals surface area contributed by atoms with Crippen LogP contribution in [0, 0.1) is 17.2 Å². The molecule has 314 valence electrons. The number of benzene rings is 1. The van der Waals surface area contributed by atoms with Gasteiger partial charge < -0.3 is 19.5 Å². The van der Waals surface area contributed by atoms with Crippen LogP contribution in [0.4, 0.5) is 5.69 Å². The van der Waals surface area contributed by atoms with Crippen LogP contribution in [0.2, 0.25) is 0 Å². The number of hydrogen-bond acceptors (Lipinski definition) is 8. The largest absolute Gasteiger partial charge is 0.481 e. The maximum Gasteiger partial charge on any atom is 0.305 e. The van der Waals surface area contributed by atoms with Gasteiger partial charge in [-0.1, -0.05) is 133 Å². The number of carbonyl (C=O) groups excluding carboxylic acids is 2. The third-order valence-electron chi connectivity index (χ3n) is 11.7. The van der Waals surface area contributed by atoms with E-state index in [1.807, 2.05) is 46.5 Å². The van der Waals surface area contributed by atoms with Crippen molar-refractivity contribution in [1.29, 1.82) is 5.26 Å². The number of thiazole rings is 1. The summed E-state index contributed by atoms with van der Waals surface area (Å²) in [6, 6.07) is 8.05. The Hall–Kier alpha value is -4.49. The van der Waals surface area contributed by atoms with Gasteiger partial charge in [0.05, 0.1) is 23.4 Å². The van der Waals surface area contributed by atoms with Gasteiger partial charge in [-0.05, 0) is 73.6 Å². The standard InChI is InChI=1S/C48H65N3O6S/c1-2-3-4-5-6-7-8-9-10-11-12-13-14-15-16-20-30-48(41-21-18-17-19-22-41)43-36-42(57-39-53)25-26-44(43)51(31-29-47(54)55)45(48)27-23-40(37-49)24-28-46-50(33-35-58-46)32-34-56-38-52/h18,21,23-28,33,35-36,38-39,41H,2-17,19-20,22,29-32,34H2,1H3/p+1. The van der Waals surface area contributed by atoms with Crippen molar-refractivity contribution in [3.63, 3.8) is 0 Å². The SMILES string of the molecule is CCCCCCCCCCCCCCCCCCC1(C2C=CCCC2)C(=CC=C(C#N)C=Cc2scc[n+]2CCOC=O)N(CCC(=O)O)c2ccc(OC=O)cc21. The monoisotopic (exact) mass is 812 g/mol. The van der Waals surface area contributed by atoms with Crippen LogP contribution in [-0.4, -0.2) is 37.2 Å². The number of aliphatic carboxylic acids is 1. The highest BCUT2D eigenvalue weighted by Gasteiger charge is 2.51. The van der Waals surface area contributed by atoms with Crippen LogP contribution < -0.4 is 14.2 Å². The van der Waals surface area contributed by atoms with Crippen molar-refractivity contribution < 1.29 is 33.5 Å². The second-order valence-electron chi connectivity index (χ2n) is 15.7. The molecule has 58 heavy (non-hydrogen) atoms. The Balaban J connectivity index is 1.55. The highest BCUT2D eigenvalue weighted by Crippen LogP contribution is 2.57. The molecule has 2 heterocycles. The van der Waals surface area contributed by atoms with E-state index < -0.39 is 11.4 Å². The maximum atomic E-state index is 12.0. The van der Waals surface area contributed by atoms with E-state index in [9.17, 15) is 24.8 Å². The first-order valence-electron chi connectivity index (χ1n) is 21.9. The fourth-order valence-corrected chi connectivity index (χ4v) is 9.52. The normalized spacial score (nSPS) is 18.4. The van der Waals surface area contributed by atoms with Crippen LogP contribution in [0.25, 0.3) is 6.08 Å². The highest BCUT2D eigenvalue weighted by molar-refractivity contribution is 7.10. The van der Waals surface area contributed by atoms with Crippen LogP contribution in [0.3, 0.4) is 0 Å². The topological polar surface area (TPSA) is 121 Å². The van der Waals surface area contributed by atoms with Crippen molar-refractivity contribution in [2.75, 3.05) is 18.1 Å². The summed E-state index contributed by atoms with van der Waals surface area (Å²) in [5.41, 5.74) is 2.87. The first-order chi connectivity index (χ1) is 28.5. The average molecular weight is 813 g/mol. The molecule has 2 unspecified atom stereocenters. The van der Waals surface area contributed by atoms with Crippen LogP contribution in [0.1, 0.15) is 152 Å². The number of anilines is 1. The van der Waals surface area contributed by atoms with E-state index in [1.54, 1.807) is 12.1 Å². The summed E-state index contributed by atoms with van der Waals surface area (Å²) in [7, 11) is 0. The van der Waals surface area contributed by atoms with E-state index in [-0.39, 0.29) is 25.5 Å². The molecule has 0 fully saturated rings. The number of nitriles is 1. The number of unbranched alkanes of at least 4 members (excludes halogenated alkanes) is 15. The minimum absolute atomic E-state index is 0.0556. The van der Waals surface area contributed by atoms with Crippen LogP contribution in [0.15, 0.2) is 71.4 Å². The first kappa shape index (κ1) is 46.2. The number of nitrogens with zero attached hydrogens (tertiary/aromatic N) is 3. The van der Waals surface area contributed by atoms with Crippen molar-refractivity contribution in [2.24, 2.45) is 5.92 Å². The van der Waals surface area contributed by atoms with Gasteiger partial charge in [0.25, 0.3) is 18.0 Å². The molecule has 0 saturated heterocycles. The van der Waals surface area contributed by atoms with E-state index in [1.165, 1.54) is 101 Å². The molecule has 4 rings (SSSR count). The molecule has 9 nitrogen and oxygen atoms in total. The molecule has 2 aliphatic rings. The number of hydrogen-bond donors (Lipinski definition) is 1. The number of rotatable bonds is 30. The number of fused-ring (bicyclic) bond motifs is 1. The zero-order valence-electron chi connectivity index (χ0n) is 34.8. The predicted molar refractivity (Wildman–Crippen MR) is 232 cm³/mol.